The third-order valence-electron chi connectivity index (χ3n) is 2.63. The minimum atomic E-state index is -0.116. The van der Waals surface area contributed by atoms with E-state index in [1.807, 2.05) is 12.1 Å². The topological polar surface area (TPSA) is 51.6 Å². The van der Waals surface area contributed by atoms with E-state index < -0.39 is 0 Å². The Morgan fingerprint density at radius 1 is 1.33 bits per heavy atom. The summed E-state index contributed by atoms with van der Waals surface area (Å²) in [5, 5.41) is 8.47. The first-order valence-electron chi connectivity index (χ1n) is 5.74. The van der Waals surface area contributed by atoms with Gasteiger partial charge in [-0.25, -0.2) is 4.98 Å². The summed E-state index contributed by atoms with van der Waals surface area (Å²) in [7, 11) is 0. The van der Waals surface area contributed by atoms with Crippen molar-refractivity contribution in [1.29, 1.82) is 0 Å². The minimum absolute atomic E-state index is 0.116. The zero-order valence-electron chi connectivity index (χ0n) is 9.80. The monoisotopic (exact) mass is 311 g/mol. The molecule has 0 bridgehead atoms. The van der Waals surface area contributed by atoms with Gasteiger partial charge in [-0.1, -0.05) is 11.8 Å². The van der Waals surface area contributed by atoms with Crippen LogP contribution in [0.15, 0.2) is 22.8 Å². The third-order valence-corrected chi connectivity index (χ3v) is 3.10. The second kappa shape index (κ2) is 6.74. The first-order valence-corrected chi connectivity index (χ1v) is 6.53. The van der Waals surface area contributed by atoms with E-state index in [1.54, 1.807) is 6.20 Å². The molecule has 1 aromatic heterocycles. The molecule has 1 aliphatic carbocycles. The van der Waals surface area contributed by atoms with Crippen LogP contribution in [0.5, 0.6) is 5.88 Å². The molecule has 4 nitrogen and oxygen atoms in total. The summed E-state index contributed by atoms with van der Waals surface area (Å²) in [4.78, 5) is 4.15. The lowest BCUT2D eigenvalue weighted by molar-refractivity contribution is -0.0508. The molecule has 1 aromatic rings. The van der Waals surface area contributed by atoms with Crippen LogP contribution in [-0.4, -0.2) is 35.5 Å². The van der Waals surface area contributed by atoms with E-state index in [0.717, 1.165) is 17.3 Å². The average molecular weight is 312 g/mol. The molecule has 1 saturated carbocycles. The van der Waals surface area contributed by atoms with Gasteiger partial charge < -0.3 is 14.6 Å². The van der Waals surface area contributed by atoms with Crippen LogP contribution in [0.3, 0.4) is 0 Å². The predicted molar refractivity (Wildman–Crippen MR) is 70.2 cm³/mol. The summed E-state index contributed by atoms with van der Waals surface area (Å²) < 4.78 is 12.1. The first kappa shape index (κ1) is 13.3. The summed E-state index contributed by atoms with van der Waals surface area (Å²) in [6.45, 7) is 0.253. The molecule has 0 saturated heterocycles. The van der Waals surface area contributed by atoms with Crippen molar-refractivity contribution < 1.29 is 14.6 Å². The van der Waals surface area contributed by atoms with Crippen LogP contribution in [-0.2, 0) is 4.74 Å². The standard InChI is InChI=1S/C13H14BrNO3/c14-10-3-4-13(15-9-10)18-12-7-11(8-12)17-6-2-1-5-16/h3-4,9,11-12,16H,5-8H2. The largest absolute Gasteiger partial charge is 0.474 e. The Morgan fingerprint density at radius 2 is 2.17 bits per heavy atom. The highest BCUT2D eigenvalue weighted by molar-refractivity contribution is 9.10. The summed E-state index contributed by atoms with van der Waals surface area (Å²) >= 11 is 3.32. The second-order valence-electron chi connectivity index (χ2n) is 3.97. The normalized spacial score (nSPS) is 21.7. The maximum absolute atomic E-state index is 8.47. The highest BCUT2D eigenvalue weighted by Crippen LogP contribution is 2.27. The van der Waals surface area contributed by atoms with Gasteiger partial charge in [-0.05, 0) is 22.0 Å². The average Bonchev–Trinajstić information content (AvgIpc) is 2.33. The van der Waals surface area contributed by atoms with E-state index in [-0.39, 0.29) is 18.8 Å². The van der Waals surface area contributed by atoms with Crippen LogP contribution in [0.1, 0.15) is 12.8 Å². The highest BCUT2D eigenvalue weighted by atomic mass is 79.9. The molecular formula is C13H14BrNO3. The Morgan fingerprint density at radius 3 is 2.83 bits per heavy atom. The van der Waals surface area contributed by atoms with Gasteiger partial charge in [0.2, 0.25) is 5.88 Å². The first-order chi connectivity index (χ1) is 8.78. The number of ether oxygens (including phenoxy) is 2. The minimum Gasteiger partial charge on any atom is -0.474 e. The fraction of sp³-hybridized carbons (Fsp3) is 0.462. The van der Waals surface area contributed by atoms with Gasteiger partial charge in [-0.3, -0.25) is 0 Å². The van der Waals surface area contributed by atoms with E-state index in [1.165, 1.54) is 0 Å². The maximum atomic E-state index is 8.47. The molecule has 96 valence electrons. The number of pyridine rings is 1. The van der Waals surface area contributed by atoms with E-state index >= 15 is 0 Å². The van der Waals surface area contributed by atoms with Gasteiger partial charge in [0.15, 0.2) is 0 Å². The van der Waals surface area contributed by atoms with E-state index in [0.29, 0.717) is 12.5 Å². The Balaban J connectivity index is 1.65. The predicted octanol–water partition coefficient (Wildman–Crippen LogP) is 1.77. The van der Waals surface area contributed by atoms with Crippen molar-refractivity contribution in [2.24, 2.45) is 0 Å². The van der Waals surface area contributed by atoms with Gasteiger partial charge in [0, 0.05) is 29.6 Å². The third kappa shape index (κ3) is 3.98. The Kier molecular flexibility index (Phi) is 5.00. The fourth-order valence-electron chi connectivity index (χ4n) is 1.62. The van der Waals surface area contributed by atoms with Gasteiger partial charge >= 0.3 is 0 Å². The van der Waals surface area contributed by atoms with Crippen molar-refractivity contribution in [1.82, 2.24) is 4.98 Å². The molecule has 0 aliphatic heterocycles. The number of rotatable bonds is 4. The molecular weight excluding hydrogens is 298 g/mol. The molecule has 2 rings (SSSR count). The Bertz CT molecular complexity index is 432. The molecule has 1 fully saturated rings. The number of halogens is 1. The Hall–Kier alpha value is -1.09. The molecule has 0 radical (unpaired) electrons. The maximum Gasteiger partial charge on any atom is 0.213 e. The van der Waals surface area contributed by atoms with Gasteiger partial charge in [0.1, 0.15) is 19.3 Å². The lowest BCUT2D eigenvalue weighted by Gasteiger charge is -2.34. The summed E-state index contributed by atoms with van der Waals surface area (Å²) in [5.74, 6) is 5.91. The van der Waals surface area contributed by atoms with Crippen molar-refractivity contribution in [3.05, 3.63) is 22.8 Å². The quantitative estimate of drug-likeness (QED) is 0.861. The van der Waals surface area contributed by atoms with Crippen LogP contribution >= 0.6 is 15.9 Å². The SMILES string of the molecule is OCC#CCOC1CC(Oc2ccc(Br)cn2)C1. The highest BCUT2D eigenvalue weighted by Gasteiger charge is 2.31. The second-order valence-corrected chi connectivity index (χ2v) is 4.89. The van der Waals surface area contributed by atoms with E-state index in [4.69, 9.17) is 14.6 Å². The molecule has 1 heterocycles. The van der Waals surface area contributed by atoms with E-state index in [2.05, 4.69) is 32.8 Å². The van der Waals surface area contributed by atoms with Gasteiger partial charge in [0.25, 0.3) is 0 Å². The molecule has 0 unspecified atom stereocenters. The lowest BCUT2D eigenvalue weighted by Crippen LogP contribution is -2.39. The Labute approximate surface area is 114 Å². The van der Waals surface area contributed by atoms with Crippen LogP contribution in [0, 0.1) is 11.8 Å². The van der Waals surface area contributed by atoms with Gasteiger partial charge in [-0.2, -0.15) is 0 Å². The number of aromatic nitrogens is 1. The number of hydrogen-bond acceptors (Lipinski definition) is 4. The van der Waals surface area contributed by atoms with Crippen LogP contribution in [0.2, 0.25) is 0 Å². The fourth-order valence-corrected chi connectivity index (χ4v) is 1.85. The van der Waals surface area contributed by atoms with Crippen molar-refractivity contribution in [3.63, 3.8) is 0 Å². The van der Waals surface area contributed by atoms with Crippen molar-refractivity contribution in [2.75, 3.05) is 13.2 Å². The number of nitrogens with zero attached hydrogens (tertiary/aromatic N) is 1. The van der Waals surface area contributed by atoms with Crippen LogP contribution in [0.4, 0.5) is 0 Å². The molecule has 0 atom stereocenters. The molecule has 5 heteroatoms. The summed E-state index contributed by atoms with van der Waals surface area (Å²) in [5.41, 5.74) is 0. The molecule has 0 spiro atoms. The molecule has 1 aliphatic rings. The lowest BCUT2D eigenvalue weighted by atomic mass is 9.92. The van der Waals surface area contributed by atoms with Crippen LogP contribution < -0.4 is 4.74 Å². The van der Waals surface area contributed by atoms with Crippen LogP contribution in [0.25, 0.3) is 0 Å². The zero-order valence-corrected chi connectivity index (χ0v) is 11.4. The number of hydrogen-bond donors (Lipinski definition) is 1. The smallest absolute Gasteiger partial charge is 0.213 e. The zero-order chi connectivity index (χ0) is 12.8. The van der Waals surface area contributed by atoms with Gasteiger partial charge in [-0.15, -0.1) is 0 Å². The molecule has 0 aromatic carbocycles. The number of aliphatic hydroxyl groups excluding tert-OH is 1. The van der Waals surface area contributed by atoms with E-state index in [9.17, 15) is 0 Å². The summed E-state index contributed by atoms with van der Waals surface area (Å²) in [6.07, 6.45) is 3.82. The van der Waals surface area contributed by atoms with Crippen molar-refractivity contribution in [2.45, 2.75) is 25.0 Å². The molecule has 1 N–H and O–H groups in total. The molecule has 18 heavy (non-hydrogen) atoms. The van der Waals surface area contributed by atoms with Crippen molar-refractivity contribution in [3.8, 4) is 17.7 Å². The van der Waals surface area contributed by atoms with Gasteiger partial charge in [0.05, 0.1) is 6.10 Å². The van der Waals surface area contributed by atoms with Crippen molar-refractivity contribution >= 4 is 15.9 Å². The molecule has 0 amide bonds. The number of aliphatic hydroxyl groups is 1. The summed E-state index contributed by atoms with van der Waals surface area (Å²) in [6, 6.07) is 3.74.